The number of rotatable bonds is 1. The van der Waals surface area contributed by atoms with Crippen molar-refractivity contribution in [3.05, 3.63) is 49.7 Å². The van der Waals surface area contributed by atoms with E-state index in [1.165, 1.54) is 22.7 Å². The second-order valence-electron chi connectivity index (χ2n) is 4.32. The van der Waals surface area contributed by atoms with Crippen LogP contribution in [0.1, 0.15) is 5.69 Å². The molecule has 3 aromatic rings. The maximum Gasteiger partial charge on any atom is 0.262 e. The van der Waals surface area contributed by atoms with E-state index >= 15 is 0 Å². The lowest BCUT2D eigenvalue weighted by Crippen LogP contribution is -2.13. The van der Waals surface area contributed by atoms with E-state index in [1.54, 1.807) is 13.0 Å². The Kier molecular flexibility index (Phi) is 3.00. The summed E-state index contributed by atoms with van der Waals surface area (Å²) in [6.45, 7) is 1.77. The normalized spacial score (nSPS) is 11.2. The molecule has 0 unspecified atom stereocenters. The molecule has 0 aliphatic carbocycles. The Bertz CT molecular complexity index is 885. The van der Waals surface area contributed by atoms with Gasteiger partial charge >= 0.3 is 0 Å². The van der Waals surface area contributed by atoms with Crippen molar-refractivity contribution in [2.75, 3.05) is 0 Å². The number of aromatic hydroxyl groups is 1. The molecule has 5 nitrogen and oxygen atoms in total. The first-order valence-corrected chi connectivity index (χ1v) is 6.83. The zero-order chi connectivity index (χ0) is 14.4. The fourth-order valence-electron chi connectivity index (χ4n) is 2.05. The van der Waals surface area contributed by atoms with Crippen molar-refractivity contribution in [1.82, 2.24) is 14.6 Å². The molecule has 0 saturated carbocycles. The molecule has 102 valence electrons. The fourth-order valence-corrected chi connectivity index (χ4v) is 2.52. The van der Waals surface area contributed by atoms with Crippen molar-refractivity contribution < 1.29 is 9.50 Å². The van der Waals surface area contributed by atoms with Crippen LogP contribution >= 0.6 is 22.6 Å². The molecule has 1 aromatic carbocycles. The minimum atomic E-state index is -0.488. The number of fused-ring (bicyclic) bond motifs is 1. The Balaban J connectivity index is 2.40. The summed E-state index contributed by atoms with van der Waals surface area (Å²) in [5.41, 5.74) is 0.918. The molecule has 2 heterocycles. The highest BCUT2D eigenvalue weighted by molar-refractivity contribution is 14.1. The van der Waals surface area contributed by atoms with Crippen molar-refractivity contribution in [3.63, 3.8) is 0 Å². The maximum absolute atomic E-state index is 13.3. The van der Waals surface area contributed by atoms with Crippen molar-refractivity contribution in [2.45, 2.75) is 6.92 Å². The average Bonchev–Trinajstić information content (AvgIpc) is 2.67. The van der Waals surface area contributed by atoms with Crippen LogP contribution in [0.5, 0.6) is 5.88 Å². The second kappa shape index (κ2) is 4.58. The number of aryl methyl sites for hydroxylation is 1. The van der Waals surface area contributed by atoms with Gasteiger partial charge in [-0.1, -0.05) is 12.1 Å². The van der Waals surface area contributed by atoms with Crippen molar-refractivity contribution in [3.8, 4) is 17.0 Å². The second-order valence-corrected chi connectivity index (χ2v) is 5.40. The third-order valence-electron chi connectivity index (χ3n) is 2.98. The summed E-state index contributed by atoms with van der Waals surface area (Å²) in [6, 6.07) is 5.50. The SMILES string of the molecule is Cc1nn2c(O)c(-c3cccc(F)c3)c(=O)[nH]c2c1I. The van der Waals surface area contributed by atoms with Gasteiger partial charge in [0.15, 0.2) is 5.65 Å². The first-order chi connectivity index (χ1) is 9.49. The first-order valence-electron chi connectivity index (χ1n) is 5.75. The molecular formula is C13H9FIN3O2. The van der Waals surface area contributed by atoms with Crippen LogP contribution in [0, 0.1) is 16.3 Å². The number of halogens is 2. The number of nitrogens with one attached hydrogen (secondary N) is 1. The molecular weight excluding hydrogens is 376 g/mol. The summed E-state index contributed by atoms with van der Waals surface area (Å²) in [7, 11) is 0. The van der Waals surface area contributed by atoms with Gasteiger partial charge in [-0.25, -0.2) is 4.39 Å². The van der Waals surface area contributed by atoms with Crippen LogP contribution in [0.4, 0.5) is 4.39 Å². The van der Waals surface area contributed by atoms with E-state index in [4.69, 9.17) is 0 Å². The van der Waals surface area contributed by atoms with Gasteiger partial charge in [-0.2, -0.15) is 9.61 Å². The number of nitrogens with zero attached hydrogens (tertiary/aromatic N) is 2. The van der Waals surface area contributed by atoms with E-state index in [0.717, 1.165) is 3.57 Å². The minimum absolute atomic E-state index is 0.00380. The summed E-state index contributed by atoms with van der Waals surface area (Å²) in [6.07, 6.45) is 0. The summed E-state index contributed by atoms with van der Waals surface area (Å²) in [5.74, 6) is -0.784. The Morgan fingerprint density at radius 2 is 2.20 bits per heavy atom. The number of hydrogen-bond donors (Lipinski definition) is 2. The van der Waals surface area contributed by atoms with E-state index in [-0.39, 0.29) is 11.4 Å². The molecule has 0 bridgehead atoms. The zero-order valence-electron chi connectivity index (χ0n) is 10.3. The largest absolute Gasteiger partial charge is 0.493 e. The molecule has 0 radical (unpaired) electrons. The van der Waals surface area contributed by atoms with Gasteiger partial charge < -0.3 is 10.1 Å². The molecule has 0 fully saturated rings. The minimum Gasteiger partial charge on any atom is -0.493 e. The van der Waals surface area contributed by atoms with Gasteiger partial charge in [-0.05, 0) is 47.2 Å². The predicted octanol–water partition coefficient (Wildman–Crippen LogP) is 2.45. The number of H-pyrrole nitrogens is 1. The van der Waals surface area contributed by atoms with Crippen LogP contribution in [0.3, 0.4) is 0 Å². The van der Waals surface area contributed by atoms with Gasteiger partial charge in [0.05, 0.1) is 9.26 Å². The highest BCUT2D eigenvalue weighted by Gasteiger charge is 2.18. The molecule has 0 amide bonds. The lowest BCUT2D eigenvalue weighted by Gasteiger charge is -2.05. The quantitative estimate of drug-likeness (QED) is 0.633. The molecule has 2 N–H and O–H groups in total. The van der Waals surface area contributed by atoms with Crippen LogP contribution in [0.2, 0.25) is 0 Å². The topological polar surface area (TPSA) is 70.4 Å². The van der Waals surface area contributed by atoms with Gasteiger partial charge in [0.2, 0.25) is 5.88 Å². The highest BCUT2D eigenvalue weighted by Crippen LogP contribution is 2.27. The standard InChI is InChI=1S/C13H9FIN3O2/c1-6-10(15)11-16-12(19)9(13(20)18(11)17-6)7-3-2-4-8(14)5-7/h2-5,20H,1H3,(H,16,19). The molecule has 0 aliphatic rings. The van der Waals surface area contributed by atoms with E-state index in [1.807, 2.05) is 22.6 Å². The van der Waals surface area contributed by atoms with Crippen LogP contribution in [-0.2, 0) is 0 Å². The molecule has 0 aliphatic heterocycles. The van der Waals surface area contributed by atoms with Gasteiger partial charge in [-0.3, -0.25) is 4.79 Å². The van der Waals surface area contributed by atoms with Gasteiger partial charge in [0.25, 0.3) is 5.56 Å². The molecule has 20 heavy (non-hydrogen) atoms. The number of benzene rings is 1. The average molecular weight is 385 g/mol. The van der Waals surface area contributed by atoms with Gasteiger partial charge in [0, 0.05) is 0 Å². The smallest absolute Gasteiger partial charge is 0.262 e. The predicted molar refractivity (Wildman–Crippen MR) is 80.3 cm³/mol. The van der Waals surface area contributed by atoms with Gasteiger partial charge in [0.1, 0.15) is 11.4 Å². The first kappa shape index (κ1) is 13.1. The lowest BCUT2D eigenvalue weighted by molar-refractivity contribution is 0.436. The molecule has 0 saturated heterocycles. The number of aromatic amines is 1. The highest BCUT2D eigenvalue weighted by atomic mass is 127. The Labute approximate surface area is 126 Å². The third kappa shape index (κ3) is 1.89. The van der Waals surface area contributed by atoms with Crippen LogP contribution in [0.15, 0.2) is 29.1 Å². The summed E-state index contributed by atoms with van der Waals surface area (Å²) < 4.78 is 15.3. The molecule has 2 aromatic heterocycles. The van der Waals surface area contributed by atoms with Crippen LogP contribution in [-0.4, -0.2) is 19.7 Å². The van der Waals surface area contributed by atoms with Crippen molar-refractivity contribution >= 4 is 28.2 Å². The zero-order valence-corrected chi connectivity index (χ0v) is 12.5. The van der Waals surface area contributed by atoms with E-state index in [2.05, 4.69) is 10.1 Å². The Hall–Kier alpha value is -1.90. The van der Waals surface area contributed by atoms with E-state index in [9.17, 15) is 14.3 Å². The molecule has 3 rings (SSSR count). The molecule has 7 heteroatoms. The lowest BCUT2D eigenvalue weighted by atomic mass is 10.1. The van der Waals surface area contributed by atoms with E-state index in [0.29, 0.717) is 16.9 Å². The third-order valence-corrected chi connectivity index (χ3v) is 4.28. The van der Waals surface area contributed by atoms with Crippen LogP contribution in [0.25, 0.3) is 16.8 Å². The Morgan fingerprint density at radius 3 is 2.90 bits per heavy atom. The van der Waals surface area contributed by atoms with Crippen LogP contribution < -0.4 is 5.56 Å². The number of hydrogen-bond acceptors (Lipinski definition) is 3. The fraction of sp³-hybridized carbons (Fsp3) is 0.0769. The Morgan fingerprint density at radius 1 is 1.45 bits per heavy atom. The number of aromatic nitrogens is 3. The summed E-state index contributed by atoms with van der Waals surface area (Å²) in [5, 5.41) is 14.4. The monoisotopic (exact) mass is 385 g/mol. The summed E-state index contributed by atoms with van der Waals surface area (Å²) in [4.78, 5) is 14.8. The van der Waals surface area contributed by atoms with Crippen molar-refractivity contribution in [1.29, 1.82) is 0 Å². The maximum atomic E-state index is 13.3. The van der Waals surface area contributed by atoms with Gasteiger partial charge in [-0.15, -0.1) is 0 Å². The molecule has 0 spiro atoms. The summed E-state index contributed by atoms with van der Waals surface area (Å²) >= 11 is 2.04. The van der Waals surface area contributed by atoms with Crippen molar-refractivity contribution in [2.24, 2.45) is 0 Å². The van der Waals surface area contributed by atoms with E-state index < -0.39 is 11.4 Å². The molecule has 0 atom stereocenters.